The number of H-pyrrole nitrogens is 1. The Kier molecular flexibility index (Phi) is 3.24. The maximum absolute atomic E-state index is 11.5. The van der Waals surface area contributed by atoms with E-state index < -0.39 is 5.91 Å². The second kappa shape index (κ2) is 5.45. The fourth-order valence-corrected chi connectivity index (χ4v) is 2.90. The Hall–Kier alpha value is -3.68. The molecule has 4 rings (SSSR count). The van der Waals surface area contributed by atoms with E-state index in [9.17, 15) is 4.79 Å². The fourth-order valence-electron chi connectivity index (χ4n) is 2.90. The zero-order valence-electron chi connectivity index (χ0n) is 13.3. The van der Waals surface area contributed by atoms with Gasteiger partial charge in [-0.1, -0.05) is 12.1 Å². The monoisotopic (exact) mass is 334 g/mol. The number of nitrogens with one attached hydrogen (secondary N) is 1. The summed E-state index contributed by atoms with van der Waals surface area (Å²) >= 11 is 0. The van der Waals surface area contributed by atoms with Crippen molar-refractivity contribution in [2.24, 2.45) is 5.73 Å². The van der Waals surface area contributed by atoms with Crippen molar-refractivity contribution >= 4 is 33.4 Å². The molecule has 2 heterocycles. The summed E-state index contributed by atoms with van der Waals surface area (Å²) < 4.78 is 5.49. The molecule has 8 nitrogen and oxygen atoms in total. The molecule has 0 spiro atoms. The van der Waals surface area contributed by atoms with Gasteiger partial charge in [0.05, 0.1) is 30.1 Å². The molecule has 0 saturated carbocycles. The van der Waals surface area contributed by atoms with Gasteiger partial charge in [0.25, 0.3) is 5.91 Å². The normalized spacial score (nSPS) is 11.1. The molecule has 0 radical (unpaired) electrons. The van der Waals surface area contributed by atoms with E-state index in [-0.39, 0.29) is 11.4 Å². The van der Waals surface area contributed by atoms with Crippen molar-refractivity contribution in [2.45, 2.75) is 0 Å². The van der Waals surface area contributed by atoms with E-state index in [1.54, 1.807) is 25.4 Å². The van der Waals surface area contributed by atoms with Gasteiger partial charge in [-0.2, -0.15) is 5.10 Å². The van der Waals surface area contributed by atoms with Gasteiger partial charge in [0.1, 0.15) is 11.3 Å². The number of aromatic nitrogens is 4. The molecule has 4 aromatic rings. The number of methoxy groups -OCH3 is 1. The minimum absolute atomic E-state index is 0.0485. The molecule has 8 heteroatoms. The molecule has 2 aromatic heterocycles. The smallest absolute Gasteiger partial charge is 0.271 e. The van der Waals surface area contributed by atoms with Crippen LogP contribution in [0.5, 0.6) is 5.75 Å². The van der Waals surface area contributed by atoms with Crippen molar-refractivity contribution in [1.82, 2.24) is 20.4 Å². The summed E-state index contributed by atoms with van der Waals surface area (Å²) in [5, 5.41) is 16.6. The molecule has 0 aliphatic carbocycles. The third-order valence-corrected chi connectivity index (χ3v) is 4.12. The molecule has 0 saturated heterocycles. The van der Waals surface area contributed by atoms with Crippen molar-refractivity contribution in [3.8, 4) is 16.9 Å². The molecule has 5 N–H and O–H groups in total. The number of aromatic amines is 1. The summed E-state index contributed by atoms with van der Waals surface area (Å²) in [5.74, 6) is -0.102. The Labute approximate surface area is 141 Å². The predicted molar refractivity (Wildman–Crippen MR) is 94.1 cm³/mol. The minimum atomic E-state index is -0.719. The van der Waals surface area contributed by atoms with Crippen molar-refractivity contribution in [2.75, 3.05) is 12.8 Å². The maximum atomic E-state index is 11.5. The highest BCUT2D eigenvalue weighted by molar-refractivity contribution is 6.08. The number of fused-ring (bicyclic) bond motifs is 2. The number of primary amides is 1. The molecular formula is C17H14N6O2. The number of rotatable bonds is 3. The van der Waals surface area contributed by atoms with Gasteiger partial charge < -0.3 is 16.2 Å². The lowest BCUT2D eigenvalue weighted by Gasteiger charge is -2.13. The Morgan fingerprint density at radius 2 is 2.04 bits per heavy atom. The lowest BCUT2D eigenvalue weighted by molar-refractivity contribution is 0.0996. The Morgan fingerprint density at radius 3 is 2.80 bits per heavy atom. The standard InChI is InChI=1S/C17H14N6O2/c1-25-12-5-4-10-14(18)16(17(19)24)23-22-15(10)13(12)8-2-3-9-7-20-21-11(9)6-8/h2-7H,1H3,(H2,18,22)(H2,19,24)(H,20,21). The van der Waals surface area contributed by atoms with E-state index >= 15 is 0 Å². The minimum Gasteiger partial charge on any atom is -0.496 e. The van der Waals surface area contributed by atoms with Crippen LogP contribution in [-0.2, 0) is 0 Å². The summed E-state index contributed by atoms with van der Waals surface area (Å²) in [6, 6.07) is 9.34. The number of carbonyl (C=O) groups is 1. The van der Waals surface area contributed by atoms with E-state index in [1.807, 2.05) is 18.2 Å². The molecular weight excluding hydrogens is 320 g/mol. The van der Waals surface area contributed by atoms with Gasteiger partial charge in [-0.25, -0.2) is 0 Å². The van der Waals surface area contributed by atoms with E-state index in [0.29, 0.717) is 16.7 Å². The maximum Gasteiger partial charge on any atom is 0.271 e. The molecule has 0 aliphatic heterocycles. The Morgan fingerprint density at radius 1 is 1.20 bits per heavy atom. The molecule has 1 amide bonds. The predicted octanol–water partition coefficient (Wildman–Crippen LogP) is 1.86. The van der Waals surface area contributed by atoms with E-state index in [4.69, 9.17) is 16.2 Å². The SMILES string of the molecule is COc1ccc2c(N)c(C(N)=O)nnc2c1-c1ccc2cn[nH]c2c1. The van der Waals surface area contributed by atoms with Crippen LogP contribution in [0, 0.1) is 0 Å². The highest BCUT2D eigenvalue weighted by Crippen LogP contribution is 2.38. The summed E-state index contributed by atoms with van der Waals surface area (Å²) in [5.41, 5.74) is 14.5. The van der Waals surface area contributed by atoms with Crippen LogP contribution in [0.4, 0.5) is 5.69 Å². The number of ether oxygens (including phenoxy) is 1. The van der Waals surface area contributed by atoms with Crippen molar-refractivity contribution in [1.29, 1.82) is 0 Å². The van der Waals surface area contributed by atoms with Crippen LogP contribution >= 0.6 is 0 Å². The molecule has 2 aromatic carbocycles. The number of nitrogens with two attached hydrogens (primary N) is 2. The van der Waals surface area contributed by atoms with Crippen LogP contribution in [0.15, 0.2) is 36.5 Å². The van der Waals surface area contributed by atoms with Gasteiger partial charge in [0.2, 0.25) is 0 Å². The second-order valence-electron chi connectivity index (χ2n) is 5.54. The van der Waals surface area contributed by atoms with Crippen LogP contribution < -0.4 is 16.2 Å². The number of anilines is 1. The Bertz CT molecular complexity index is 1130. The van der Waals surface area contributed by atoms with Gasteiger partial charge in [-0.3, -0.25) is 9.89 Å². The molecule has 0 unspecified atom stereocenters. The molecule has 0 aliphatic rings. The number of amides is 1. The average molecular weight is 334 g/mol. The summed E-state index contributed by atoms with van der Waals surface area (Å²) in [4.78, 5) is 11.5. The number of hydrogen-bond acceptors (Lipinski definition) is 6. The zero-order valence-corrected chi connectivity index (χ0v) is 13.3. The number of hydrogen-bond donors (Lipinski definition) is 3. The van der Waals surface area contributed by atoms with Gasteiger partial charge in [0.15, 0.2) is 5.69 Å². The summed E-state index contributed by atoms with van der Waals surface area (Å²) in [7, 11) is 1.58. The highest BCUT2D eigenvalue weighted by Gasteiger charge is 2.18. The molecule has 25 heavy (non-hydrogen) atoms. The first kappa shape index (κ1) is 14.9. The van der Waals surface area contributed by atoms with Crippen LogP contribution in [0.2, 0.25) is 0 Å². The number of benzene rings is 2. The van der Waals surface area contributed by atoms with Crippen LogP contribution in [0.25, 0.3) is 32.9 Å². The molecule has 0 atom stereocenters. The van der Waals surface area contributed by atoms with Crippen LogP contribution in [0.1, 0.15) is 10.5 Å². The largest absolute Gasteiger partial charge is 0.496 e. The lowest BCUT2D eigenvalue weighted by atomic mass is 9.99. The number of nitrogen functional groups attached to an aromatic ring is 1. The van der Waals surface area contributed by atoms with Crippen LogP contribution in [-0.4, -0.2) is 33.4 Å². The first-order valence-corrected chi connectivity index (χ1v) is 7.46. The average Bonchev–Trinajstić information content (AvgIpc) is 3.08. The molecule has 0 fully saturated rings. The third kappa shape index (κ3) is 2.23. The number of carbonyl (C=O) groups excluding carboxylic acids is 1. The lowest BCUT2D eigenvalue weighted by Crippen LogP contribution is -2.16. The first-order chi connectivity index (χ1) is 12.1. The summed E-state index contributed by atoms with van der Waals surface area (Å²) in [6.07, 6.45) is 1.75. The summed E-state index contributed by atoms with van der Waals surface area (Å²) in [6.45, 7) is 0. The van der Waals surface area contributed by atoms with Gasteiger partial charge in [-0.15, -0.1) is 10.2 Å². The van der Waals surface area contributed by atoms with Gasteiger partial charge in [-0.05, 0) is 23.8 Å². The Balaban J connectivity index is 2.06. The quantitative estimate of drug-likeness (QED) is 0.524. The van der Waals surface area contributed by atoms with Crippen molar-refractivity contribution in [3.05, 3.63) is 42.2 Å². The third-order valence-electron chi connectivity index (χ3n) is 4.12. The number of nitrogens with zero attached hydrogens (tertiary/aromatic N) is 3. The first-order valence-electron chi connectivity index (χ1n) is 7.46. The van der Waals surface area contributed by atoms with Crippen molar-refractivity contribution in [3.63, 3.8) is 0 Å². The highest BCUT2D eigenvalue weighted by atomic mass is 16.5. The van der Waals surface area contributed by atoms with E-state index in [0.717, 1.165) is 22.0 Å². The van der Waals surface area contributed by atoms with Crippen molar-refractivity contribution < 1.29 is 9.53 Å². The van der Waals surface area contributed by atoms with E-state index in [2.05, 4.69) is 20.4 Å². The zero-order chi connectivity index (χ0) is 17.6. The second-order valence-corrected chi connectivity index (χ2v) is 5.54. The topological polar surface area (TPSA) is 133 Å². The fraction of sp³-hybridized carbons (Fsp3) is 0.0588. The van der Waals surface area contributed by atoms with Crippen LogP contribution in [0.3, 0.4) is 0 Å². The van der Waals surface area contributed by atoms with Gasteiger partial charge in [0, 0.05) is 10.8 Å². The molecule has 0 bridgehead atoms. The van der Waals surface area contributed by atoms with Gasteiger partial charge >= 0.3 is 0 Å². The molecule has 124 valence electrons. The van der Waals surface area contributed by atoms with E-state index in [1.165, 1.54) is 0 Å².